The average molecular weight is 477 g/mol. The minimum atomic E-state index is -0.493. The summed E-state index contributed by atoms with van der Waals surface area (Å²) < 4.78 is 5.34. The fraction of sp³-hybridized carbons (Fsp3) is 0.680. The quantitative estimate of drug-likeness (QED) is 0.392. The maximum Gasteiger partial charge on any atom is 0.407 e. The van der Waals surface area contributed by atoms with Crippen LogP contribution in [0.15, 0.2) is 12.1 Å². The Morgan fingerprint density at radius 2 is 1.94 bits per heavy atom. The van der Waals surface area contributed by atoms with E-state index in [9.17, 15) is 14.8 Å². The number of amides is 2. The molecule has 9 heteroatoms. The van der Waals surface area contributed by atoms with Gasteiger partial charge in [-0.1, -0.05) is 6.92 Å². The lowest BCUT2D eigenvalue weighted by atomic mass is 9.93. The number of nitrogens with zero attached hydrogens (tertiary/aromatic N) is 3. The van der Waals surface area contributed by atoms with E-state index in [-0.39, 0.29) is 12.0 Å². The summed E-state index contributed by atoms with van der Waals surface area (Å²) in [4.78, 5) is 31.4. The maximum atomic E-state index is 12.8. The first kappa shape index (κ1) is 26.2. The van der Waals surface area contributed by atoms with Crippen LogP contribution in [-0.2, 0) is 11.2 Å². The van der Waals surface area contributed by atoms with E-state index >= 15 is 0 Å². The number of fused-ring (bicyclic) bond motifs is 1. The first-order valence-corrected chi connectivity index (χ1v) is 12.5. The van der Waals surface area contributed by atoms with Gasteiger partial charge in [-0.15, -0.1) is 0 Å². The number of ether oxygens (including phenoxy) is 1. The molecule has 2 heterocycles. The second-order valence-corrected chi connectivity index (χ2v) is 10.3. The Bertz CT molecular complexity index is 862. The van der Waals surface area contributed by atoms with E-state index in [1.165, 1.54) is 0 Å². The number of piperidine rings is 1. The minimum absolute atomic E-state index is 0.0232. The highest BCUT2D eigenvalue weighted by Crippen LogP contribution is 2.34. The van der Waals surface area contributed by atoms with Crippen LogP contribution >= 0.6 is 0 Å². The Kier molecular flexibility index (Phi) is 8.78. The summed E-state index contributed by atoms with van der Waals surface area (Å²) in [5, 5.41) is 12.5. The summed E-state index contributed by atoms with van der Waals surface area (Å²) >= 11 is 0. The van der Waals surface area contributed by atoms with Crippen molar-refractivity contribution in [1.82, 2.24) is 15.1 Å². The zero-order valence-corrected chi connectivity index (χ0v) is 21.4. The topological polar surface area (TPSA) is 102 Å². The van der Waals surface area contributed by atoms with E-state index in [1.54, 1.807) is 4.90 Å². The van der Waals surface area contributed by atoms with Crippen molar-refractivity contribution in [1.29, 1.82) is 0 Å². The molecule has 190 valence electrons. The molecular formula is C25H42N5O4+. The van der Waals surface area contributed by atoms with Gasteiger partial charge >= 0.3 is 6.09 Å². The molecule has 1 fully saturated rings. The Morgan fingerprint density at radius 1 is 1.24 bits per heavy atom. The van der Waals surface area contributed by atoms with Crippen molar-refractivity contribution in [3.63, 3.8) is 0 Å². The molecule has 1 aromatic carbocycles. The molecule has 1 saturated heterocycles. The summed E-state index contributed by atoms with van der Waals surface area (Å²) in [5.41, 5.74) is 3.95. The predicted molar refractivity (Wildman–Crippen MR) is 132 cm³/mol. The highest BCUT2D eigenvalue weighted by atomic mass is 16.6. The molecular weight excluding hydrogens is 434 g/mol. The van der Waals surface area contributed by atoms with Crippen LogP contribution < -0.4 is 15.7 Å². The smallest absolute Gasteiger partial charge is 0.407 e. The summed E-state index contributed by atoms with van der Waals surface area (Å²) in [6.45, 7) is 12.7. The van der Waals surface area contributed by atoms with Crippen molar-refractivity contribution in [2.24, 2.45) is 0 Å². The molecule has 0 spiro atoms. The van der Waals surface area contributed by atoms with Crippen molar-refractivity contribution in [2.45, 2.75) is 65.0 Å². The summed E-state index contributed by atoms with van der Waals surface area (Å²) in [6.07, 6.45) is 3.56. The minimum Gasteiger partial charge on any atom is -0.444 e. The number of carbonyl (C=O) groups is 2. The molecule has 0 aromatic heterocycles. The van der Waals surface area contributed by atoms with Gasteiger partial charge in [0.2, 0.25) is 0 Å². The van der Waals surface area contributed by atoms with Crippen LogP contribution in [0, 0.1) is 0 Å². The highest BCUT2D eigenvalue weighted by molar-refractivity contribution is 6.02. The lowest BCUT2D eigenvalue weighted by Gasteiger charge is -2.40. The monoisotopic (exact) mass is 476 g/mol. The number of hydrogen-bond acceptors (Lipinski definition) is 6. The molecule has 0 bridgehead atoms. The Labute approximate surface area is 203 Å². The Balaban J connectivity index is 1.61. The van der Waals surface area contributed by atoms with Crippen LogP contribution in [0.2, 0.25) is 0 Å². The van der Waals surface area contributed by atoms with Gasteiger partial charge in [-0.3, -0.25) is 9.69 Å². The summed E-state index contributed by atoms with van der Waals surface area (Å²) in [6, 6.07) is 4.36. The molecule has 1 aromatic rings. The first-order chi connectivity index (χ1) is 16.1. The van der Waals surface area contributed by atoms with Crippen LogP contribution in [0.4, 0.5) is 16.2 Å². The Hall–Kier alpha value is -2.36. The molecule has 2 aliphatic rings. The summed E-state index contributed by atoms with van der Waals surface area (Å²) in [7, 11) is 1.81. The number of alkyl carbamates (subject to hydrolysis) is 1. The molecule has 34 heavy (non-hydrogen) atoms. The number of quaternary nitrogens is 1. The van der Waals surface area contributed by atoms with Gasteiger partial charge in [-0.25, -0.2) is 10.0 Å². The fourth-order valence-corrected chi connectivity index (χ4v) is 4.99. The van der Waals surface area contributed by atoms with Crippen molar-refractivity contribution in [3.05, 3.63) is 23.3 Å². The molecule has 2 aliphatic heterocycles. The normalized spacial score (nSPS) is 17.2. The van der Waals surface area contributed by atoms with Crippen molar-refractivity contribution >= 4 is 23.4 Å². The van der Waals surface area contributed by atoms with Crippen LogP contribution in [0.3, 0.4) is 0 Å². The third-order valence-corrected chi connectivity index (χ3v) is 6.62. The number of anilines is 1. The number of nitrogens with one attached hydrogen (secondary N) is 1. The van der Waals surface area contributed by atoms with Crippen molar-refractivity contribution in [2.75, 3.05) is 51.2 Å². The van der Waals surface area contributed by atoms with Gasteiger partial charge < -0.3 is 19.9 Å². The molecule has 4 N–H and O–H groups in total. The van der Waals surface area contributed by atoms with E-state index in [0.29, 0.717) is 30.4 Å². The zero-order chi connectivity index (χ0) is 24.9. The van der Waals surface area contributed by atoms with Crippen LogP contribution in [0.5, 0.6) is 0 Å². The van der Waals surface area contributed by atoms with Gasteiger partial charge in [0.05, 0.1) is 0 Å². The zero-order valence-electron chi connectivity index (χ0n) is 21.4. The molecule has 2 amide bonds. The van der Waals surface area contributed by atoms with E-state index in [1.807, 2.05) is 40.0 Å². The third-order valence-electron chi connectivity index (χ3n) is 6.62. The average Bonchev–Trinajstić information content (AvgIpc) is 2.79. The largest absolute Gasteiger partial charge is 0.444 e. The second-order valence-electron chi connectivity index (χ2n) is 10.3. The van der Waals surface area contributed by atoms with Gasteiger partial charge in [0, 0.05) is 57.6 Å². The standard InChI is InChI=1S/C25H41N5O4/c1-6-13-29(17-12-26-24(32)34-25(2,3)4)18-9-15-30(16-10-18)21-8-7-20(27-33)22-19(21)11-14-28(5)23(22)31/h7-8,18,27,33H,6,9-17H2,1-5H3,(H,26,32)/p+1. The fourth-order valence-electron chi connectivity index (χ4n) is 4.99. The number of benzene rings is 1. The maximum absolute atomic E-state index is 12.8. The molecule has 0 radical (unpaired) electrons. The molecule has 0 saturated carbocycles. The van der Waals surface area contributed by atoms with Crippen LogP contribution in [0.25, 0.3) is 0 Å². The van der Waals surface area contributed by atoms with Gasteiger partial charge in [0.25, 0.3) is 5.91 Å². The molecule has 9 nitrogen and oxygen atoms in total. The van der Waals surface area contributed by atoms with E-state index in [4.69, 9.17) is 4.74 Å². The van der Waals surface area contributed by atoms with Crippen molar-refractivity contribution in [3.8, 4) is 0 Å². The van der Waals surface area contributed by atoms with Gasteiger partial charge in [0.1, 0.15) is 11.2 Å². The van der Waals surface area contributed by atoms with Crippen molar-refractivity contribution < 1.29 is 25.0 Å². The second kappa shape index (κ2) is 11.4. The van der Waals surface area contributed by atoms with E-state index in [2.05, 4.69) is 22.0 Å². The third kappa shape index (κ3) is 6.40. The van der Waals surface area contributed by atoms with E-state index in [0.717, 1.165) is 68.6 Å². The number of nitrogens with two attached hydrogens (primary N) is 1. The molecule has 0 atom stereocenters. The van der Waals surface area contributed by atoms with Crippen LogP contribution in [0.1, 0.15) is 62.9 Å². The lowest BCUT2D eigenvalue weighted by Crippen LogP contribution is -2.74. The lowest BCUT2D eigenvalue weighted by molar-refractivity contribution is -0.825. The molecule has 0 unspecified atom stereocenters. The van der Waals surface area contributed by atoms with E-state index < -0.39 is 5.60 Å². The van der Waals surface area contributed by atoms with Gasteiger partial charge in [-0.05, 0) is 64.6 Å². The summed E-state index contributed by atoms with van der Waals surface area (Å²) in [5.74, 6) is -0.0232. The first-order valence-electron chi connectivity index (χ1n) is 12.5. The Morgan fingerprint density at radius 3 is 2.56 bits per heavy atom. The number of likely N-dealkylation sites (N-methyl/N-ethyl adjacent to an activating group) is 1. The predicted octanol–water partition coefficient (Wildman–Crippen LogP) is 2.10. The van der Waals surface area contributed by atoms with Crippen LogP contribution in [-0.4, -0.2) is 85.0 Å². The number of rotatable bonds is 8. The number of hydrogen-bond donors (Lipinski definition) is 3. The molecule has 3 rings (SSSR count). The number of carbonyl (C=O) groups excluding carboxylic acids is 2. The van der Waals surface area contributed by atoms with Gasteiger partial charge in [0.15, 0.2) is 5.69 Å². The highest BCUT2D eigenvalue weighted by Gasteiger charge is 2.32. The SMILES string of the molecule is CCCN(CCNC(=O)OC(C)(C)C)C1CCN(c2ccc([NH2+]O)c3c2CCN(C)C3=O)CC1. The molecule has 0 aliphatic carbocycles. The van der Waals surface area contributed by atoms with Gasteiger partial charge in [-0.2, -0.15) is 5.48 Å².